The summed E-state index contributed by atoms with van der Waals surface area (Å²) in [6.07, 6.45) is 1.00. The largest absolute Gasteiger partial charge is 0.497 e. The lowest BCUT2D eigenvalue weighted by atomic mass is 10.2. The molecule has 1 atom stereocenters. The topological polar surface area (TPSA) is 51.6 Å². The van der Waals surface area contributed by atoms with Crippen molar-refractivity contribution in [2.24, 2.45) is 0 Å². The summed E-state index contributed by atoms with van der Waals surface area (Å²) in [5, 5.41) is 9.64. The quantitative estimate of drug-likeness (QED) is 0.899. The van der Waals surface area contributed by atoms with Crippen molar-refractivity contribution in [1.29, 1.82) is 0 Å². The molecule has 2 rings (SSSR count). The standard InChI is InChI=1S/C14H15NO3/c1-10(16)13-7-4-8-15-14(13)18-12-6-3-5-11(9-12)17-2/h3-10,16H,1-2H3. The van der Waals surface area contributed by atoms with Crippen LogP contribution in [0.25, 0.3) is 0 Å². The van der Waals surface area contributed by atoms with Gasteiger partial charge in [-0.2, -0.15) is 0 Å². The van der Waals surface area contributed by atoms with Gasteiger partial charge in [-0.25, -0.2) is 4.98 Å². The Balaban J connectivity index is 2.28. The van der Waals surface area contributed by atoms with Gasteiger partial charge in [0.05, 0.1) is 13.2 Å². The van der Waals surface area contributed by atoms with Crippen molar-refractivity contribution >= 4 is 0 Å². The number of nitrogens with zero attached hydrogens (tertiary/aromatic N) is 1. The summed E-state index contributed by atoms with van der Waals surface area (Å²) in [4.78, 5) is 4.13. The molecule has 0 radical (unpaired) electrons. The minimum Gasteiger partial charge on any atom is -0.497 e. The summed E-state index contributed by atoms with van der Waals surface area (Å²) in [6.45, 7) is 1.68. The van der Waals surface area contributed by atoms with Gasteiger partial charge in [-0.15, -0.1) is 0 Å². The van der Waals surface area contributed by atoms with Gasteiger partial charge >= 0.3 is 0 Å². The number of benzene rings is 1. The molecule has 0 fully saturated rings. The van der Waals surface area contributed by atoms with Crippen LogP contribution in [0.3, 0.4) is 0 Å². The molecule has 0 saturated heterocycles. The molecule has 2 aromatic rings. The monoisotopic (exact) mass is 245 g/mol. The van der Waals surface area contributed by atoms with E-state index in [9.17, 15) is 5.11 Å². The van der Waals surface area contributed by atoms with Gasteiger partial charge in [0, 0.05) is 17.8 Å². The van der Waals surface area contributed by atoms with Gasteiger partial charge in [-0.3, -0.25) is 0 Å². The molecule has 18 heavy (non-hydrogen) atoms. The van der Waals surface area contributed by atoms with Crippen LogP contribution in [0.15, 0.2) is 42.6 Å². The van der Waals surface area contributed by atoms with E-state index in [1.54, 1.807) is 38.4 Å². The Hall–Kier alpha value is -2.07. The molecule has 1 N–H and O–H groups in total. The number of aliphatic hydroxyl groups is 1. The van der Waals surface area contributed by atoms with E-state index in [1.165, 1.54) is 0 Å². The first-order valence-corrected chi connectivity index (χ1v) is 5.65. The van der Waals surface area contributed by atoms with Gasteiger partial charge in [-0.05, 0) is 31.2 Å². The molecule has 4 heteroatoms. The normalized spacial score (nSPS) is 11.9. The Bertz CT molecular complexity index is 526. The third-order valence-electron chi connectivity index (χ3n) is 2.51. The van der Waals surface area contributed by atoms with E-state index in [4.69, 9.17) is 9.47 Å². The van der Waals surface area contributed by atoms with Crippen LogP contribution in [0.2, 0.25) is 0 Å². The Kier molecular flexibility index (Phi) is 3.79. The molecule has 0 aliphatic carbocycles. The lowest BCUT2D eigenvalue weighted by Gasteiger charge is -2.12. The van der Waals surface area contributed by atoms with Gasteiger partial charge in [0.15, 0.2) is 0 Å². The summed E-state index contributed by atoms with van der Waals surface area (Å²) < 4.78 is 10.8. The molecule has 1 unspecified atom stereocenters. The third kappa shape index (κ3) is 2.78. The van der Waals surface area contributed by atoms with E-state index in [2.05, 4.69) is 4.98 Å². The molecule has 0 saturated carbocycles. The molecule has 0 amide bonds. The molecule has 1 heterocycles. The summed E-state index contributed by atoms with van der Waals surface area (Å²) in [6, 6.07) is 10.8. The van der Waals surface area contributed by atoms with Crippen molar-refractivity contribution in [2.45, 2.75) is 13.0 Å². The molecular formula is C14H15NO3. The molecule has 0 spiro atoms. The highest BCUT2D eigenvalue weighted by Crippen LogP contribution is 2.28. The van der Waals surface area contributed by atoms with Crippen molar-refractivity contribution < 1.29 is 14.6 Å². The highest BCUT2D eigenvalue weighted by atomic mass is 16.5. The van der Waals surface area contributed by atoms with Gasteiger partial charge in [0.25, 0.3) is 0 Å². The zero-order valence-electron chi connectivity index (χ0n) is 10.3. The van der Waals surface area contributed by atoms with Gasteiger partial charge < -0.3 is 14.6 Å². The van der Waals surface area contributed by atoms with Crippen LogP contribution < -0.4 is 9.47 Å². The molecule has 1 aromatic carbocycles. The van der Waals surface area contributed by atoms with Crippen molar-refractivity contribution in [3.8, 4) is 17.4 Å². The van der Waals surface area contributed by atoms with Crippen LogP contribution >= 0.6 is 0 Å². The Morgan fingerprint density at radius 3 is 2.67 bits per heavy atom. The maximum Gasteiger partial charge on any atom is 0.225 e. The van der Waals surface area contributed by atoms with E-state index in [0.29, 0.717) is 22.9 Å². The van der Waals surface area contributed by atoms with Crippen molar-refractivity contribution in [3.05, 3.63) is 48.2 Å². The van der Waals surface area contributed by atoms with E-state index < -0.39 is 6.10 Å². The number of pyridine rings is 1. The fourth-order valence-corrected chi connectivity index (χ4v) is 1.58. The molecule has 94 valence electrons. The second kappa shape index (κ2) is 5.51. The van der Waals surface area contributed by atoms with Crippen LogP contribution in [0.1, 0.15) is 18.6 Å². The zero-order valence-corrected chi connectivity index (χ0v) is 10.3. The van der Waals surface area contributed by atoms with E-state index >= 15 is 0 Å². The smallest absolute Gasteiger partial charge is 0.225 e. The van der Waals surface area contributed by atoms with E-state index in [1.807, 2.05) is 18.2 Å². The lowest BCUT2D eigenvalue weighted by molar-refractivity contribution is 0.194. The molecule has 0 aliphatic heterocycles. The minimum absolute atomic E-state index is 0.403. The number of aliphatic hydroxyl groups excluding tert-OH is 1. The van der Waals surface area contributed by atoms with Crippen LogP contribution in [0, 0.1) is 0 Å². The summed E-state index contributed by atoms with van der Waals surface area (Å²) >= 11 is 0. The maximum atomic E-state index is 9.64. The summed E-state index contributed by atoms with van der Waals surface area (Å²) in [5.74, 6) is 1.73. The molecule has 1 aromatic heterocycles. The predicted molar refractivity (Wildman–Crippen MR) is 67.9 cm³/mol. The number of hydrogen-bond acceptors (Lipinski definition) is 4. The maximum absolute atomic E-state index is 9.64. The van der Waals surface area contributed by atoms with Crippen molar-refractivity contribution in [1.82, 2.24) is 4.98 Å². The first-order chi connectivity index (χ1) is 8.70. The number of methoxy groups -OCH3 is 1. The highest BCUT2D eigenvalue weighted by Gasteiger charge is 2.10. The number of rotatable bonds is 4. The number of aromatic nitrogens is 1. The number of hydrogen-bond donors (Lipinski definition) is 1. The molecular weight excluding hydrogens is 230 g/mol. The third-order valence-corrected chi connectivity index (χ3v) is 2.51. The summed E-state index contributed by atoms with van der Waals surface area (Å²) in [5.41, 5.74) is 0.653. The van der Waals surface area contributed by atoms with Gasteiger partial charge in [-0.1, -0.05) is 6.07 Å². The fraction of sp³-hybridized carbons (Fsp3) is 0.214. The Labute approximate surface area is 106 Å². The SMILES string of the molecule is COc1cccc(Oc2ncccc2C(C)O)c1. The second-order valence-electron chi connectivity index (χ2n) is 3.85. The Morgan fingerprint density at radius 2 is 1.94 bits per heavy atom. The second-order valence-corrected chi connectivity index (χ2v) is 3.85. The average molecular weight is 245 g/mol. The Morgan fingerprint density at radius 1 is 1.17 bits per heavy atom. The zero-order chi connectivity index (χ0) is 13.0. The predicted octanol–water partition coefficient (Wildman–Crippen LogP) is 2.94. The van der Waals surface area contributed by atoms with E-state index in [0.717, 1.165) is 0 Å². The molecule has 0 aliphatic rings. The summed E-state index contributed by atoms with van der Waals surface area (Å²) in [7, 11) is 1.60. The van der Waals surface area contributed by atoms with Crippen LogP contribution in [-0.4, -0.2) is 17.2 Å². The van der Waals surface area contributed by atoms with Crippen molar-refractivity contribution in [3.63, 3.8) is 0 Å². The number of ether oxygens (including phenoxy) is 2. The fourth-order valence-electron chi connectivity index (χ4n) is 1.58. The molecule has 0 bridgehead atoms. The lowest BCUT2D eigenvalue weighted by Crippen LogP contribution is -1.98. The highest BCUT2D eigenvalue weighted by molar-refractivity contribution is 5.37. The first-order valence-electron chi connectivity index (χ1n) is 5.65. The minimum atomic E-state index is -0.626. The average Bonchev–Trinajstić information content (AvgIpc) is 2.39. The van der Waals surface area contributed by atoms with E-state index in [-0.39, 0.29) is 0 Å². The molecule has 4 nitrogen and oxygen atoms in total. The first kappa shape index (κ1) is 12.4. The van der Waals surface area contributed by atoms with Crippen LogP contribution in [-0.2, 0) is 0 Å². The van der Waals surface area contributed by atoms with Crippen molar-refractivity contribution in [2.75, 3.05) is 7.11 Å². The van der Waals surface area contributed by atoms with Crippen LogP contribution in [0.4, 0.5) is 0 Å². The van der Waals surface area contributed by atoms with Gasteiger partial charge in [0.2, 0.25) is 5.88 Å². The van der Waals surface area contributed by atoms with Gasteiger partial charge in [0.1, 0.15) is 11.5 Å². The van der Waals surface area contributed by atoms with Crippen LogP contribution in [0.5, 0.6) is 17.4 Å².